The number of urea groups is 1. The van der Waals surface area contributed by atoms with Gasteiger partial charge in [0.15, 0.2) is 5.82 Å². The lowest BCUT2D eigenvalue weighted by Crippen LogP contribution is -2.44. The molecule has 184 valence electrons. The van der Waals surface area contributed by atoms with Gasteiger partial charge in [-0.15, -0.1) is 0 Å². The number of hydrogen-bond donors (Lipinski definition) is 3. The minimum Gasteiger partial charge on any atom is -0.308 e. The molecule has 0 unspecified atom stereocenters. The van der Waals surface area contributed by atoms with Crippen molar-refractivity contribution in [3.8, 4) is 11.8 Å². The SMILES string of the molecule is CN1CCN(Cc2ccc(NC(=O)Nc3cc(C#Cc4cn[nH]c4)n(C)n3)cc2C(F)(F)F)CC1. The van der Waals surface area contributed by atoms with Crippen LogP contribution < -0.4 is 10.6 Å². The van der Waals surface area contributed by atoms with Crippen molar-refractivity contribution < 1.29 is 18.0 Å². The largest absolute Gasteiger partial charge is 0.416 e. The molecule has 0 spiro atoms. The topological polar surface area (TPSA) is 94.1 Å². The van der Waals surface area contributed by atoms with E-state index in [0.717, 1.165) is 19.2 Å². The number of carbonyl (C=O) groups excluding carboxylic acids is 1. The highest BCUT2D eigenvalue weighted by molar-refractivity contribution is 5.99. The Bertz CT molecular complexity index is 1230. The number of benzene rings is 1. The third-order valence-corrected chi connectivity index (χ3v) is 5.62. The third-order valence-electron chi connectivity index (χ3n) is 5.62. The van der Waals surface area contributed by atoms with Gasteiger partial charge in [-0.25, -0.2) is 4.79 Å². The maximum Gasteiger partial charge on any atom is 0.416 e. The predicted octanol–water partition coefficient (Wildman–Crippen LogP) is 2.95. The number of likely N-dealkylation sites (N-methyl/N-ethyl adjacent to an activating group) is 1. The van der Waals surface area contributed by atoms with Gasteiger partial charge in [-0.2, -0.15) is 23.4 Å². The number of amides is 2. The van der Waals surface area contributed by atoms with E-state index in [1.807, 2.05) is 11.9 Å². The first-order valence-electron chi connectivity index (χ1n) is 10.9. The van der Waals surface area contributed by atoms with E-state index < -0.39 is 17.8 Å². The Hall–Kier alpha value is -3.82. The average Bonchev–Trinajstić information content (AvgIpc) is 3.43. The van der Waals surface area contributed by atoms with Crippen molar-refractivity contribution in [1.82, 2.24) is 29.8 Å². The monoisotopic (exact) mass is 486 g/mol. The number of aromatic amines is 1. The summed E-state index contributed by atoms with van der Waals surface area (Å²) < 4.78 is 42.8. The Kier molecular flexibility index (Phi) is 7.09. The number of hydrogen-bond acceptors (Lipinski definition) is 5. The Balaban J connectivity index is 1.43. The van der Waals surface area contributed by atoms with Crippen molar-refractivity contribution in [1.29, 1.82) is 0 Å². The first-order valence-corrected chi connectivity index (χ1v) is 10.9. The number of rotatable bonds is 4. The van der Waals surface area contributed by atoms with Crippen molar-refractivity contribution in [2.24, 2.45) is 7.05 Å². The number of piperazine rings is 1. The normalized spacial score (nSPS) is 14.9. The highest BCUT2D eigenvalue weighted by Gasteiger charge is 2.34. The second kappa shape index (κ2) is 10.2. The standard InChI is InChI=1S/C23H25F3N8O/c1-32-7-9-34(10-8-32)15-17-4-5-18(11-20(17)23(24,25)26)29-22(35)30-21-12-19(33(2)31-21)6-3-16-13-27-28-14-16/h4-5,11-14H,7-10,15H2,1-2H3,(H,27,28)(H2,29,30,31,35). The van der Waals surface area contributed by atoms with Crippen molar-refractivity contribution in [3.05, 3.63) is 59.0 Å². The Labute approximate surface area is 200 Å². The van der Waals surface area contributed by atoms with Gasteiger partial charge >= 0.3 is 12.2 Å². The number of anilines is 2. The fourth-order valence-corrected chi connectivity index (χ4v) is 3.68. The number of nitrogens with one attached hydrogen (secondary N) is 3. The Morgan fingerprint density at radius 2 is 1.89 bits per heavy atom. The lowest BCUT2D eigenvalue weighted by molar-refractivity contribution is -0.138. The van der Waals surface area contributed by atoms with Gasteiger partial charge < -0.3 is 10.2 Å². The van der Waals surface area contributed by atoms with Crippen molar-refractivity contribution in [2.45, 2.75) is 12.7 Å². The van der Waals surface area contributed by atoms with Crippen LogP contribution in [0.25, 0.3) is 0 Å². The molecular weight excluding hydrogens is 461 g/mol. The zero-order chi connectivity index (χ0) is 25.0. The molecule has 9 nitrogen and oxygen atoms in total. The first kappa shape index (κ1) is 24.3. The van der Waals surface area contributed by atoms with Gasteiger partial charge in [0, 0.05) is 57.7 Å². The molecule has 1 aromatic carbocycles. The van der Waals surface area contributed by atoms with Crippen LogP contribution in [0.1, 0.15) is 22.4 Å². The van der Waals surface area contributed by atoms with Gasteiger partial charge in [0.05, 0.1) is 17.3 Å². The summed E-state index contributed by atoms with van der Waals surface area (Å²) in [5.41, 5.74) is 0.680. The molecule has 1 aliphatic rings. The maximum absolute atomic E-state index is 13.8. The van der Waals surface area contributed by atoms with E-state index in [-0.39, 0.29) is 23.6 Å². The summed E-state index contributed by atoms with van der Waals surface area (Å²) in [4.78, 5) is 16.6. The molecule has 2 amide bonds. The average molecular weight is 487 g/mol. The lowest BCUT2D eigenvalue weighted by atomic mass is 10.0. The summed E-state index contributed by atoms with van der Waals surface area (Å²) in [6, 6.07) is 4.71. The molecule has 0 atom stereocenters. The summed E-state index contributed by atoms with van der Waals surface area (Å²) in [6.45, 7) is 3.23. The van der Waals surface area contributed by atoms with Gasteiger partial charge in [0.1, 0.15) is 5.69 Å². The van der Waals surface area contributed by atoms with E-state index in [2.05, 4.69) is 42.7 Å². The van der Waals surface area contributed by atoms with Crippen LogP contribution in [0, 0.1) is 11.8 Å². The molecule has 3 N–H and O–H groups in total. The molecule has 3 heterocycles. The third kappa shape index (κ3) is 6.40. The number of nitrogens with zero attached hydrogens (tertiary/aromatic N) is 5. The first-order chi connectivity index (χ1) is 16.7. The Morgan fingerprint density at radius 3 is 2.57 bits per heavy atom. The summed E-state index contributed by atoms with van der Waals surface area (Å²) in [6.07, 6.45) is -1.33. The van der Waals surface area contributed by atoms with E-state index in [4.69, 9.17) is 0 Å². The van der Waals surface area contributed by atoms with Crippen molar-refractivity contribution in [2.75, 3.05) is 43.9 Å². The van der Waals surface area contributed by atoms with Crippen LogP contribution in [0.5, 0.6) is 0 Å². The minimum absolute atomic E-state index is 0.0351. The molecule has 0 saturated carbocycles. The van der Waals surface area contributed by atoms with Crippen LogP contribution in [0.4, 0.5) is 29.5 Å². The number of H-pyrrole nitrogens is 1. The summed E-state index contributed by atoms with van der Waals surface area (Å²) >= 11 is 0. The second-order valence-corrected chi connectivity index (χ2v) is 8.30. The van der Waals surface area contributed by atoms with Gasteiger partial charge in [-0.1, -0.05) is 12.0 Å². The van der Waals surface area contributed by atoms with Crippen LogP contribution in [-0.4, -0.2) is 69.0 Å². The van der Waals surface area contributed by atoms with Crippen molar-refractivity contribution >= 4 is 17.5 Å². The molecule has 1 saturated heterocycles. The zero-order valence-corrected chi connectivity index (χ0v) is 19.3. The highest BCUT2D eigenvalue weighted by atomic mass is 19.4. The molecule has 35 heavy (non-hydrogen) atoms. The molecule has 0 bridgehead atoms. The van der Waals surface area contributed by atoms with Gasteiger partial charge in [0.2, 0.25) is 0 Å². The number of aryl methyl sites for hydroxylation is 1. The molecule has 2 aromatic heterocycles. The molecule has 4 rings (SSSR count). The van der Waals surface area contributed by atoms with Crippen LogP contribution in [0.2, 0.25) is 0 Å². The van der Waals surface area contributed by atoms with Crippen molar-refractivity contribution in [3.63, 3.8) is 0 Å². The quantitative estimate of drug-likeness (QED) is 0.493. The molecular formula is C23H25F3N8O. The minimum atomic E-state index is -4.54. The highest BCUT2D eigenvalue weighted by Crippen LogP contribution is 2.34. The molecule has 0 aliphatic carbocycles. The van der Waals surface area contributed by atoms with E-state index in [0.29, 0.717) is 24.3 Å². The number of aromatic nitrogens is 4. The summed E-state index contributed by atoms with van der Waals surface area (Å²) in [7, 11) is 3.65. The fraction of sp³-hybridized carbons (Fsp3) is 0.348. The smallest absolute Gasteiger partial charge is 0.308 e. The number of alkyl halides is 3. The summed E-state index contributed by atoms with van der Waals surface area (Å²) in [5, 5.41) is 15.6. The molecule has 0 radical (unpaired) electrons. The Morgan fingerprint density at radius 1 is 1.11 bits per heavy atom. The van der Waals surface area contributed by atoms with Gasteiger partial charge in [0.25, 0.3) is 0 Å². The molecule has 3 aromatic rings. The van der Waals surface area contributed by atoms with Crippen LogP contribution >= 0.6 is 0 Å². The molecule has 1 aliphatic heterocycles. The van der Waals surface area contributed by atoms with E-state index in [9.17, 15) is 18.0 Å². The lowest BCUT2D eigenvalue weighted by Gasteiger charge is -2.33. The van der Waals surface area contributed by atoms with Gasteiger partial charge in [-0.05, 0) is 30.7 Å². The van der Waals surface area contributed by atoms with Crippen LogP contribution in [0.15, 0.2) is 36.7 Å². The molecule has 12 heteroatoms. The van der Waals surface area contributed by atoms with Gasteiger partial charge in [-0.3, -0.25) is 20.0 Å². The zero-order valence-electron chi connectivity index (χ0n) is 19.3. The number of halogens is 3. The summed E-state index contributed by atoms with van der Waals surface area (Å²) in [5.74, 6) is 6.02. The predicted molar refractivity (Wildman–Crippen MR) is 125 cm³/mol. The van der Waals surface area contributed by atoms with E-state index in [1.165, 1.54) is 16.8 Å². The number of carbonyl (C=O) groups is 1. The second-order valence-electron chi connectivity index (χ2n) is 8.30. The molecule has 1 fully saturated rings. The van der Waals surface area contributed by atoms with Crippen LogP contribution in [-0.2, 0) is 19.8 Å². The van der Waals surface area contributed by atoms with E-state index in [1.54, 1.807) is 25.5 Å². The van der Waals surface area contributed by atoms with E-state index >= 15 is 0 Å². The van der Waals surface area contributed by atoms with Crippen LogP contribution in [0.3, 0.4) is 0 Å². The fourth-order valence-electron chi connectivity index (χ4n) is 3.68. The maximum atomic E-state index is 13.8.